The molecule has 0 saturated heterocycles. The molecular weight excluding hydrogens is 274 g/mol. The molecule has 0 saturated carbocycles. The Labute approximate surface area is 118 Å². The molecule has 3 N–H and O–H groups in total. The predicted octanol–water partition coefficient (Wildman–Crippen LogP) is 2.39. The molecule has 106 valence electrons. The number of aromatic nitrogens is 1. The highest BCUT2D eigenvalue weighted by molar-refractivity contribution is 7.92. The summed E-state index contributed by atoms with van der Waals surface area (Å²) in [5.74, 6) is 0. The second-order valence-corrected chi connectivity index (χ2v) is 6.37. The van der Waals surface area contributed by atoms with Crippen molar-refractivity contribution in [2.45, 2.75) is 25.7 Å². The molecule has 0 aliphatic rings. The van der Waals surface area contributed by atoms with Crippen LogP contribution in [-0.4, -0.2) is 13.4 Å². The summed E-state index contributed by atoms with van der Waals surface area (Å²) in [4.78, 5) is 4.26. The molecule has 1 heterocycles. The zero-order valence-electron chi connectivity index (χ0n) is 11.6. The first-order chi connectivity index (χ1) is 9.31. The number of rotatable bonds is 3. The maximum atomic E-state index is 12.5. The summed E-state index contributed by atoms with van der Waals surface area (Å²) in [5.41, 5.74) is 8.74. The summed E-state index contributed by atoms with van der Waals surface area (Å²) in [6.07, 6.45) is 1.61. The average Bonchev–Trinajstić information content (AvgIpc) is 2.36. The summed E-state index contributed by atoms with van der Waals surface area (Å²) in [6, 6.07) is 6.72. The summed E-state index contributed by atoms with van der Waals surface area (Å²) in [6.45, 7) is 5.25. The molecule has 2 rings (SSSR count). The van der Waals surface area contributed by atoms with Crippen molar-refractivity contribution in [2.24, 2.45) is 0 Å². The predicted molar refractivity (Wildman–Crippen MR) is 80.1 cm³/mol. The van der Waals surface area contributed by atoms with Crippen molar-refractivity contribution in [2.75, 3.05) is 10.5 Å². The molecule has 6 heteroatoms. The second kappa shape index (κ2) is 5.13. The molecule has 0 amide bonds. The van der Waals surface area contributed by atoms with Crippen LogP contribution in [0.25, 0.3) is 0 Å². The molecule has 0 unspecified atom stereocenters. The van der Waals surface area contributed by atoms with Crippen molar-refractivity contribution < 1.29 is 8.42 Å². The fraction of sp³-hybridized carbons (Fsp3) is 0.214. The zero-order chi connectivity index (χ0) is 14.9. The summed E-state index contributed by atoms with van der Waals surface area (Å²) in [7, 11) is -3.68. The molecular formula is C14H17N3O2S. The zero-order valence-corrected chi connectivity index (χ0v) is 12.5. The fourth-order valence-electron chi connectivity index (χ4n) is 1.92. The molecule has 20 heavy (non-hydrogen) atoms. The molecule has 5 nitrogen and oxygen atoms in total. The van der Waals surface area contributed by atoms with Crippen LogP contribution in [0.1, 0.15) is 16.8 Å². The Morgan fingerprint density at radius 2 is 1.90 bits per heavy atom. The molecule has 0 radical (unpaired) electrons. The lowest BCUT2D eigenvalue weighted by Gasteiger charge is -2.13. The van der Waals surface area contributed by atoms with Crippen LogP contribution in [-0.2, 0) is 10.0 Å². The van der Waals surface area contributed by atoms with Gasteiger partial charge in [-0.15, -0.1) is 0 Å². The maximum absolute atomic E-state index is 12.5. The van der Waals surface area contributed by atoms with E-state index in [1.165, 1.54) is 0 Å². The van der Waals surface area contributed by atoms with Gasteiger partial charge in [-0.25, -0.2) is 8.42 Å². The molecule has 1 aromatic carbocycles. The number of hydrogen-bond acceptors (Lipinski definition) is 4. The second-order valence-electron chi connectivity index (χ2n) is 4.72. The quantitative estimate of drug-likeness (QED) is 0.850. The van der Waals surface area contributed by atoms with E-state index in [4.69, 9.17) is 5.73 Å². The largest absolute Gasteiger partial charge is 0.398 e. The molecule has 0 spiro atoms. The van der Waals surface area contributed by atoms with Gasteiger partial charge in [0, 0.05) is 11.9 Å². The van der Waals surface area contributed by atoms with Crippen molar-refractivity contribution in [3.8, 4) is 0 Å². The van der Waals surface area contributed by atoms with Crippen molar-refractivity contribution >= 4 is 21.4 Å². The smallest absolute Gasteiger partial charge is 0.262 e. The summed E-state index contributed by atoms with van der Waals surface area (Å²) in [5, 5.41) is 0. The monoisotopic (exact) mass is 291 g/mol. The van der Waals surface area contributed by atoms with Crippen LogP contribution in [0.2, 0.25) is 0 Å². The highest BCUT2D eigenvalue weighted by Gasteiger charge is 2.19. The topological polar surface area (TPSA) is 85.1 Å². The number of nitrogen functional groups attached to an aromatic ring is 1. The Hall–Kier alpha value is -2.08. The average molecular weight is 291 g/mol. The molecule has 0 fully saturated rings. The van der Waals surface area contributed by atoms with Crippen molar-refractivity contribution in [1.29, 1.82) is 0 Å². The Morgan fingerprint density at radius 1 is 1.20 bits per heavy atom. The van der Waals surface area contributed by atoms with Crippen molar-refractivity contribution in [3.05, 3.63) is 47.3 Å². The number of anilines is 2. The lowest BCUT2D eigenvalue weighted by molar-refractivity contribution is 0.600. The van der Waals surface area contributed by atoms with Crippen LogP contribution in [0.5, 0.6) is 0 Å². The number of sulfonamides is 1. The van der Waals surface area contributed by atoms with Gasteiger partial charge in [0.15, 0.2) is 0 Å². The SMILES string of the molecule is Cc1cc(N)c(C)c(S(=O)(=O)Nc2cccnc2C)c1. The van der Waals surface area contributed by atoms with Gasteiger partial charge in [0.2, 0.25) is 0 Å². The van der Waals surface area contributed by atoms with E-state index in [1.807, 2.05) is 6.92 Å². The van der Waals surface area contributed by atoms with Gasteiger partial charge in [-0.3, -0.25) is 9.71 Å². The van der Waals surface area contributed by atoms with E-state index in [0.29, 0.717) is 22.6 Å². The van der Waals surface area contributed by atoms with E-state index in [9.17, 15) is 8.42 Å². The minimum Gasteiger partial charge on any atom is -0.398 e. The van der Waals surface area contributed by atoms with Crippen LogP contribution >= 0.6 is 0 Å². The molecule has 0 aliphatic carbocycles. The number of aryl methyl sites for hydroxylation is 2. The van der Waals surface area contributed by atoms with Crippen LogP contribution in [0.3, 0.4) is 0 Å². The van der Waals surface area contributed by atoms with Gasteiger partial charge in [0.1, 0.15) is 0 Å². The normalized spacial score (nSPS) is 11.3. The maximum Gasteiger partial charge on any atom is 0.262 e. The third kappa shape index (κ3) is 2.75. The van der Waals surface area contributed by atoms with Crippen molar-refractivity contribution in [1.82, 2.24) is 4.98 Å². The Kier molecular flexibility index (Phi) is 3.67. The standard InChI is InChI=1S/C14H17N3O2S/c1-9-7-12(15)10(2)14(8-9)20(18,19)17-13-5-4-6-16-11(13)3/h4-8,17H,15H2,1-3H3. The number of nitrogens with one attached hydrogen (secondary N) is 1. The number of nitrogens with zero attached hydrogens (tertiary/aromatic N) is 1. The first kappa shape index (κ1) is 14.3. The van der Waals surface area contributed by atoms with E-state index in [-0.39, 0.29) is 4.90 Å². The van der Waals surface area contributed by atoms with E-state index in [0.717, 1.165) is 5.56 Å². The summed E-state index contributed by atoms with van der Waals surface area (Å²) >= 11 is 0. The first-order valence-electron chi connectivity index (χ1n) is 6.12. The van der Waals surface area contributed by atoms with Gasteiger partial charge in [-0.05, 0) is 56.2 Å². The third-order valence-electron chi connectivity index (χ3n) is 3.09. The van der Waals surface area contributed by atoms with Crippen LogP contribution < -0.4 is 10.5 Å². The van der Waals surface area contributed by atoms with Crippen molar-refractivity contribution in [3.63, 3.8) is 0 Å². The number of benzene rings is 1. The van der Waals surface area contributed by atoms with E-state index in [1.54, 1.807) is 44.3 Å². The number of hydrogen-bond donors (Lipinski definition) is 2. The van der Waals surface area contributed by atoms with Gasteiger partial charge in [-0.1, -0.05) is 0 Å². The van der Waals surface area contributed by atoms with Gasteiger partial charge < -0.3 is 5.73 Å². The van der Waals surface area contributed by atoms with Crippen LogP contribution in [0.4, 0.5) is 11.4 Å². The van der Waals surface area contributed by atoms with E-state index in [2.05, 4.69) is 9.71 Å². The van der Waals surface area contributed by atoms with Crippen LogP contribution in [0.15, 0.2) is 35.4 Å². The molecule has 0 atom stereocenters. The lowest BCUT2D eigenvalue weighted by atomic mass is 10.1. The minimum atomic E-state index is -3.68. The summed E-state index contributed by atoms with van der Waals surface area (Å²) < 4.78 is 27.5. The Bertz CT molecular complexity index is 755. The van der Waals surface area contributed by atoms with Gasteiger partial charge in [-0.2, -0.15) is 0 Å². The first-order valence-corrected chi connectivity index (χ1v) is 7.61. The van der Waals surface area contributed by atoms with Crippen LogP contribution in [0, 0.1) is 20.8 Å². The highest BCUT2D eigenvalue weighted by Crippen LogP contribution is 2.25. The Balaban J connectivity index is 2.49. The molecule has 2 aromatic rings. The molecule has 0 bridgehead atoms. The highest BCUT2D eigenvalue weighted by atomic mass is 32.2. The number of nitrogens with two attached hydrogens (primary N) is 1. The lowest BCUT2D eigenvalue weighted by Crippen LogP contribution is -2.16. The molecule has 0 aliphatic heterocycles. The molecule has 1 aromatic heterocycles. The van der Waals surface area contributed by atoms with E-state index >= 15 is 0 Å². The number of pyridine rings is 1. The van der Waals surface area contributed by atoms with E-state index < -0.39 is 10.0 Å². The third-order valence-corrected chi connectivity index (χ3v) is 4.58. The minimum absolute atomic E-state index is 0.193. The fourth-order valence-corrected chi connectivity index (χ4v) is 3.40. The Morgan fingerprint density at radius 3 is 2.55 bits per heavy atom. The van der Waals surface area contributed by atoms with Gasteiger partial charge in [0.05, 0.1) is 16.3 Å². The van der Waals surface area contributed by atoms with Gasteiger partial charge in [0.25, 0.3) is 10.0 Å². The van der Waals surface area contributed by atoms with Gasteiger partial charge >= 0.3 is 0 Å².